The van der Waals surface area contributed by atoms with Gasteiger partial charge in [0.2, 0.25) is 15.9 Å². The molecule has 116 valence electrons. The number of hydrogen-bond acceptors (Lipinski definition) is 3. The molecule has 1 aromatic carbocycles. The van der Waals surface area contributed by atoms with Gasteiger partial charge in [-0.25, -0.2) is 8.42 Å². The molecule has 0 fully saturated rings. The van der Waals surface area contributed by atoms with Gasteiger partial charge in [-0.05, 0) is 18.2 Å². The molecule has 1 amide bonds. The summed E-state index contributed by atoms with van der Waals surface area (Å²) in [5, 5.41) is 3.23. The van der Waals surface area contributed by atoms with Gasteiger partial charge in [0.05, 0.1) is 11.9 Å². The lowest BCUT2D eigenvalue weighted by atomic mass is 10.3. The number of halogens is 2. The van der Waals surface area contributed by atoms with Gasteiger partial charge >= 0.3 is 0 Å². The van der Waals surface area contributed by atoms with E-state index in [0.29, 0.717) is 22.3 Å². The monoisotopic (exact) mass is 350 g/mol. The summed E-state index contributed by atoms with van der Waals surface area (Å²) in [6, 6.07) is 4.47. The zero-order chi connectivity index (χ0) is 16.0. The Labute approximate surface area is 134 Å². The summed E-state index contributed by atoms with van der Waals surface area (Å²) in [6.45, 7) is 3.82. The van der Waals surface area contributed by atoms with Crippen molar-refractivity contribution < 1.29 is 13.2 Å². The molecule has 0 heterocycles. The van der Waals surface area contributed by atoms with Crippen molar-refractivity contribution in [3.8, 4) is 0 Å². The van der Waals surface area contributed by atoms with Crippen LogP contribution in [0, 0.1) is 0 Å². The first-order chi connectivity index (χ1) is 9.74. The number of nitrogens with one attached hydrogen (secondary N) is 1. The van der Waals surface area contributed by atoms with Crippen molar-refractivity contribution in [2.24, 2.45) is 0 Å². The van der Waals surface area contributed by atoms with Crippen LogP contribution < -0.4 is 9.62 Å². The quantitative estimate of drug-likeness (QED) is 0.768. The molecule has 0 aromatic heterocycles. The summed E-state index contributed by atoms with van der Waals surface area (Å²) in [6.07, 6.45) is 2.62. The number of amides is 1. The molecule has 0 aliphatic carbocycles. The van der Waals surface area contributed by atoms with Crippen LogP contribution in [0.5, 0.6) is 0 Å². The van der Waals surface area contributed by atoms with Gasteiger partial charge in [-0.3, -0.25) is 9.10 Å². The average Bonchev–Trinajstić information content (AvgIpc) is 2.33. The standard InChI is InChI=1S/C13H16Cl2N2O3S/c1-3-5-16-13(18)4-6-17(21(2,19)20)12-8-10(14)7-11(15)9-12/h3,7-9H,1,4-6H2,2H3,(H,16,18). The molecule has 0 bridgehead atoms. The summed E-state index contributed by atoms with van der Waals surface area (Å²) < 4.78 is 24.8. The molecule has 1 rings (SSSR count). The van der Waals surface area contributed by atoms with Crippen molar-refractivity contribution in [2.75, 3.05) is 23.7 Å². The Morgan fingerprint density at radius 2 is 1.90 bits per heavy atom. The van der Waals surface area contributed by atoms with Gasteiger partial charge in [-0.2, -0.15) is 0 Å². The second-order valence-electron chi connectivity index (χ2n) is 4.31. The maximum atomic E-state index is 11.9. The lowest BCUT2D eigenvalue weighted by Crippen LogP contribution is -2.34. The van der Waals surface area contributed by atoms with Crippen LogP contribution in [-0.4, -0.2) is 33.7 Å². The van der Waals surface area contributed by atoms with E-state index < -0.39 is 10.0 Å². The van der Waals surface area contributed by atoms with Crippen LogP contribution in [-0.2, 0) is 14.8 Å². The van der Waals surface area contributed by atoms with Crippen LogP contribution in [0.1, 0.15) is 6.42 Å². The summed E-state index contributed by atoms with van der Waals surface area (Å²) in [5.41, 5.74) is 0.325. The van der Waals surface area contributed by atoms with E-state index in [1.54, 1.807) is 6.08 Å². The summed E-state index contributed by atoms with van der Waals surface area (Å²) in [4.78, 5) is 11.6. The molecular weight excluding hydrogens is 335 g/mol. The van der Waals surface area contributed by atoms with Crippen LogP contribution in [0.3, 0.4) is 0 Å². The molecule has 0 aliphatic heterocycles. The van der Waals surface area contributed by atoms with Crippen molar-refractivity contribution in [1.82, 2.24) is 5.32 Å². The largest absolute Gasteiger partial charge is 0.353 e. The topological polar surface area (TPSA) is 66.5 Å². The third kappa shape index (κ3) is 5.95. The van der Waals surface area contributed by atoms with E-state index in [4.69, 9.17) is 23.2 Å². The van der Waals surface area contributed by atoms with Crippen LogP contribution in [0.15, 0.2) is 30.9 Å². The van der Waals surface area contributed by atoms with Crippen LogP contribution >= 0.6 is 23.2 Å². The number of benzene rings is 1. The Bertz CT molecular complexity index is 612. The minimum absolute atomic E-state index is 0.00151. The number of carbonyl (C=O) groups excluding carboxylic acids is 1. The van der Waals surface area contributed by atoms with E-state index in [0.717, 1.165) is 10.6 Å². The smallest absolute Gasteiger partial charge is 0.232 e. The number of nitrogens with zero attached hydrogens (tertiary/aromatic N) is 1. The molecule has 0 unspecified atom stereocenters. The highest BCUT2D eigenvalue weighted by atomic mass is 35.5. The maximum Gasteiger partial charge on any atom is 0.232 e. The second kappa shape index (κ2) is 7.68. The van der Waals surface area contributed by atoms with E-state index in [2.05, 4.69) is 11.9 Å². The molecule has 21 heavy (non-hydrogen) atoms. The molecule has 1 N–H and O–H groups in total. The predicted molar refractivity (Wildman–Crippen MR) is 86.5 cm³/mol. The number of hydrogen-bond donors (Lipinski definition) is 1. The van der Waals surface area contributed by atoms with E-state index >= 15 is 0 Å². The fraction of sp³-hybridized carbons (Fsp3) is 0.308. The minimum Gasteiger partial charge on any atom is -0.353 e. The van der Waals surface area contributed by atoms with Crippen molar-refractivity contribution in [3.05, 3.63) is 40.9 Å². The summed E-state index contributed by atoms with van der Waals surface area (Å²) >= 11 is 11.8. The fourth-order valence-electron chi connectivity index (χ4n) is 1.65. The number of anilines is 1. The first kappa shape index (κ1) is 17.8. The molecule has 0 radical (unpaired) electrons. The van der Waals surface area contributed by atoms with Crippen LogP contribution in [0.4, 0.5) is 5.69 Å². The van der Waals surface area contributed by atoms with Gasteiger partial charge in [-0.15, -0.1) is 6.58 Å². The minimum atomic E-state index is -3.55. The molecule has 0 saturated heterocycles. The molecular formula is C13H16Cl2N2O3S. The highest BCUT2D eigenvalue weighted by Gasteiger charge is 2.19. The Morgan fingerprint density at radius 3 is 2.38 bits per heavy atom. The highest BCUT2D eigenvalue weighted by molar-refractivity contribution is 7.92. The first-order valence-electron chi connectivity index (χ1n) is 6.05. The highest BCUT2D eigenvalue weighted by Crippen LogP contribution is 2.27. The van der Waals surface area contributed by atoms with Crippen molar-refractivity contribution >= 4 is 44.8 Å². The zero-order valence-electron chi connectivity index (χ0n) is 11.5. The third-order valence-electron chi connectivity index (χ3n) is 2.52. The van der Waals surface area contributed by atoms with Gasteiger partial charge in [-0.1, -0.05) is 29.3 Å². The Balaban J connectivity index is 2.92. The van der Waals surface area contributed by atoms with Crippen molar-refractivity contribution in [2.45, 2.75) is 6.42 Å². The number of rotatable bonds is 7. The second-order valence-corrected chi connectivity index (χ2v) is 7.09. The van der Waals surface area contributed by atoms with Crippen molar-refractivity contribution in [1.29, 1.82) is 0 Å². The lowest BCUT2D eigenvalue weighted by Gasteiger charge is -2.22. The van der Waals surface area contributed by atoms with Crippen molar-refractivity contribution in [3.63, 3.8) is 0 Å². The van der Waals surface area contributed by atoms with Gasteiger partial charge in [0, 0.05) is 29.6 Å². The van der Waals surface area contributed by atoms with E-state index in [1.807, 2.05) is 0 Å². The average molecular weight is 351 g/mol. The Morgan fingerprint density at radius 1 is 1.33 bits per heavy atom. The summed E-state index contributed by atoms with van der Waals surface area (Å²) in [7, 11) is -3.55. The van der Waals surface area contributed by atoms with Gasteiger partial charge in [0.15, 0.2) is 0 Å². The molecule has 0 saturated carbocycles. The summed E-state index contributed by atoms with van der Waals surface area (Å²) in [5.74, 6) is -0.267. The molecule has 0 atom stereocenters. The van der Waals surface area contributed by atoms with Gasteiger partial charge in [0.1, 0.15) is 0 Å². The number of carbonyl (C=O) groups is 1. The molecule has 8 heteroatoms. The maximum absolute atomic E-state index is 11.9. The van der Waals surface area contributed by atoms with E-state index in [1.165, 1.54) is 18.2 Å². The molecule has 0 aliphatic rings. The number of sulfonamides is 1. The SMILES string of the molecule is C=CCNC(=O)CCN(c1cc(Cl)cc(Cl)c1)S(C)(=O)=O. The van der Waals surface area contributed by atoms with Crippen LogP contribution in [0.2, 0.25) is 10.0 Å². The Hall–Kier alpha value is -1.24. The van der Waals surface area contributed by atoms with E-state index in [9.17, 15) is 13.2 Å². The van der Waals surface area contributed by atoms with Gasteiger partial charge < -0.3 is 5.32 Å². The lowest BCUT2D eigenvalue weighted by molar-refractivity contribution is -0.120. The van der Waals surface area contributed by atoms with E-state index in [-0.39, 0.29) is 18.9 Å². The predicted octanol–water partition coefficient (Wildman–Crippen LogP) is 2.45. The fourth-order valence-corrected chi connectivity index (χ4v) is 3.07. The normalized spacial score (nSPS) is 11.0. The molecule has 1 aromatic rings. The Kier molecular flexibility index (Phi) is 6.51. The molecule has 0 spiro atoms. The van der Waals surface area contributed by atoms with Crippen LogP contribution in [0.25, 0.3) is 0 Å². The molecule has 5 nitrogen and oxygen atoms in total. The first-order valence-corrected chi connectivity index (χ1v) is 8.66. The third-order valence-corrected chi connectivity index (χ3v) is 4.15. The van der Waals surface area contributed by atoms with Gasteiger partial charge in [0.25, 0.3) is 0 Å². The zero-order valence-corrected chi connectivity index (χ0v) is 13.8.